The number of nitrogens with one attached hydrogen (secondary N) is 1. The van der Waals surface area contributed by atoms with Gasteiger partial charge in [0.15, 0.2) is 0 Å². The van der Waals surface area contributed by atoms with Crippen LogP contribution >= 0.6 is 0 Å². The monoisotopic (exact) mass is 196 g/mol. The molecule has 1 amide bonds. The van der Waals surface area contributed by atoms with Crippen LogP contribution in [0.1, 0.15) is 6.42 Å². The molecule has 0 bridgehead atoms. The summed E-state index contributed by atoms with van der Waals surface area (Å²) in [6.07, 6.45) is 0.200. The van der Waals surface area contributed by atoms with Crippen LogP contribution in [0.5, 0.6) is 0 Å². The van der Waals surface area contributed by atoms with Gasteiger partial charge in [0.25, 0.3) is 0 Å². The Labute approximate surface area is 82.0 Å². The lowest BCUT2D eigenvalue weighted by molar-refractivity contribution is -0.142. The van der Waals surface area contributed by atoms with Gasteiger partial charge in [0.2, 0.25) is 5.91 Å². The van der Waals surface area contributed by atoms with Gasteiger partial charge in [-0.25, -0.2) is 0 Å². The molecule has 5 nitrogen and oxygen atoms in total. The lowest BCUT2D eigenvalue weighted by Gasteiger charge is -2.16. The molecule has 1 aliphatic rings. The molecule has 1 aliphatic heterocycles. The van der Waals surface area contributed by atoms with E-state index < -0.39 is 17.9 Å². The normalized spacial score (nSPS) is 21.6. The maximum atomic E-state index is 11.2. The van der Waals surface area contributed by atoms with Crippen LogP contribution in [0.4, 0.5) is 0 Å². The molecule has 14 heavy (non-hydrogen) atoms. The van der Waals surface area contributed by atoms with Crippen molar-refractivity contribution in [2.75, 3.05) is 13.7 Å². The third-order valence-electron chi connectivity index (χ3n) is 1.94. The Morgan fingerprint density at radius 2 is 2.57 bits per heavy atom. The van der Waals surface area contributed by atoms with Gasteiger partial charge >= 0.3 is 5.97 Å². The Hall–Kier alpha value is -1.54. The molecule has 0 saturated carbocycles. The summed E-state index contributed by atoms with van der Waals surface area (Å²) >= 11 is 0. The first-order chi connectivity index (χ1) is 6.65. The molecule has 0 aromatic rings. The number of hydrogen-bond acceptors (Lipinski definition) is 4. The fourth-order valence-electron chi connectivity index (χ4n) is 1.16. The van der Waals surface area contributed by atoms with Crippen molar-refractivity contribution < 1.29 is 14.3 Å². The second-order valence-electron chi connectivity index (χ2n) is 2.96. The molecule has 0 saturated heterocycles. The number of methoxy groups -OCH3 is 1. The lowest BCUT2D eigenvalue weighted by Crippen LogP contribution is -2.40. The van der Waals surface area contributed by atoms with Crippen molar-refractivity contribution in [3.05, 3.63) is 0 Å². The third-order valence-corrected chi connectivity index (χ3v) is 1.94. The van der Waals surface area contributed by atoms with E-state index >= 15 is 0 Å². The summed E-state index contributed by atoms with van der Waals surface area (Å²) in [7, 11) is 1.26. The summed E-state index contributed by atoms with van der Waals surface area (Å²) in [5.74, 6) is 4.26. The molecular formula is C9H12N2O3. The predicted molar refractivity (Wildman–Crippen MR) is 48.9 cm³/mol. The molecule has 76 valence electrons. The van der Waals surface area contributed by atoms with E-state index in [9.17, 15) is 9.59 Å². The van der Waals surface area contributed by atoms with Crippen molar-refractivity contribution in [3.63, 3.8) is 0 Å². The van der Waals surface area contributed by atoms with Gasteiger partial charge in [-0.05, 0) is 6.42 Å². The Balaban J connectivity index is 2.53. The molecule has 0 aliphatic carbocycles. The summed E-state index contributed by atoms with van der Waals surface area (Å²) in [5.41, 5.74) is 5.50. The fourth-order valence-corrected chi connectivity index (χ4v) is 1.16. The smallest absolute Gasteiger partial charge is 0.322 e. The van der Waals surface area contributed by atoms with E-state index in [2.05, 4.69) is 21.9 Å². The van der Waals surface area contributed by atoms with E-state index in [1.165, 1.54) is 7.11 Å². The number of carbonyl (C=O) groups is 2. The Morgan fingerprint density at radius 3 is 3.14 bits per heavy atom. The van der Waals surface area contributed by atoms with Gasteiger partial charge in [-0.15, -0.1) is 0 Å². The van der Waals surface area contributed by atoms with Crippen LogP contribution in [-0.2, 0) is 14.3 Å². The first-order valence-electron chi connectivity index (χ1n) is 4.24. The largest absolute Gasteiger partial charge is 0.468 e. The van der Waals surface area contributed by atoms with Crippen LogP contribution in [-0.4, -0.2) is 31.6 Å². The summed E-state index contributed by atoms with van der Waals surface area (Å²) in [6, 6.07) is -0.789. The molecule has 3 N–H and O–H groups in total. The van der Waals surface area contributed by atoms with Gasteiger partial charge in [-0.1, -0.05) is 11.8 Å². The first kappa shape index (κ1) is 10.5. The third kappa shape index (κ3) is 2.47. The topological polar surface area (TPSA) is 81.4 Å². The minimum Gasteiger partial charge on any atom is -0.468 e. The molecule has 0 radical (unpaired) electrons. The van der Waals surface area contributed by atoms with E-state index in [1.807, 2.05) is 0 Å². The van der Waals surface area contributed by atoms with Crippen LogP contribution in [0, 0.1) is 17.8 Å². The van der Waals surface area contributed by atoms with Crippen LogP contribution in [0.2, 0.25) is 0 Å². The summed E-state index contributed by atoms with van der Waals surface area (Å²) in [6.45, 7) is 0.364. The number of esters is 1. The van der Waals surface area contributed by atoms with Gasteiger partial charge in [0.1, 0.15) is 12.0 Å². The molecule has 1 heterocycles. The zero-order chi connectivity index (χ0) is 10.6. The van der Waals surface area contributed by atoms with E-state index in [0.29, 0.717) is 6.54 Å². The zero-order valence-corrected chi connectivity index (χ0v) is 7.87. The summed E-state index contributed by atoms with van der Waals surface area (Å²) in [4.78, 5) is 22.2. The molecule has 0 spiro atoms. The highest BCUT2D eigenvalue weighted by Crippen LogP contribution is 2.07. The highest BCUT2D eigenvalue weighted by molar-refractivity contribution is 5.84. The number of carbonyl (C=O) groups excluding carboxylic acids is 2. The maximum absolute atomic E-state index is 11.2. The van der Waals surface area contributed by atoms with Crippen molar-refractivity contribution in [2.45, 2.75) is 12.5 Å². The van der Waals surface area contributed by atoms with Crippen molar-refractivity contribution in [1.82, 2.24) is 5.32 Å². The van der Waals surface area contributed by atoms with E-state index in [4.69, 9.17) is 5.73 Å². The second kappa shape index (κ2) is 4.63. The fraction of sp³-hybridized carbons (Fsp3) is 0.556. The number of amides is 1. The Kier molecular flexibility index (Phi) is 3.48. The molecule has 5 heteroatoms. The maximum Gasteiger partial charge on any atom is 0.322 e. The number of nitrogens with two attached hydrogens (primary N) is 1. The molecule has 0 aromatic heterocycles. The Bertz CT molecular complexity index is 303. The van der Waals surface area contributed by atoms with Crippen molar-refractivity contribution >= 4 is 11.9 Å². The summed E-state index contributed by atoms with van der Waals surface area (Å²) in [5, 5.41) is 2.57. The van der Waals surface area contributed by atoms with Gasteiger partial charge < -0.3 is 15.8 Å². The average Bonchev–Trinajstić information content (AvgIpc) is 2.20. The van der Waals surface area contributed by atoms with Gasteiger partial charge in [-0.3, -0.25) is 9.59 Å². The second-order valence-corrected chi connectivity index (χ2v) is 2.96. The molecule has 0 aromatic carbocycles. The van der Waals surface area contributed by atoms with Crippen LogP contribution < -0.4 is 11.1 Å². The number of hydrogen-bond donors (Lipinski definition) is 2. The minimum absolute atomic E-state index is 0.178. The van der Waals surface area contributed by atoms with E-state index in [-0.39, 0.29) is 12.3 Å². The average molecular weight is 196 g/mol. The molecule has 2 atom stereocenters. The number of rotatable bonds is 3. The lowest BCUT2D eigenvalue weighted by atomic mass is 9.98. The zero-order valence-electron chi connectivity index (χ0n) is 7.87. The van der Waals surface area contributed by atoms with Crippen LogP contribution in [0.15, 0.2) is 0 Å². The van der Waals surface area contributed by atoms with Crippen LogP contribution in [0.25, 0.3) is 0 Å². The van der Waals surface area contributed by atoms with Gasteiger partial charge in [0.05, 0.1) is 13.7 Å². The quantitative estimate of drug-likeness (QED) is 0.431. The first-order valence-corrected chi connectivity index (χ1v) is 4.24. The number of ether oxygens (including phenoxy) is 1. The predicted octanol–water partition coefficient (Wildman–Crippen LogP) is -1.37. The van der Waals surface area contributed by atoms with Crippen LogP contribution in [0.3, 0.4) is 0 Å². The summed E-state index contributed by atoms with van der Waals surface area (Å²) < 4.78 is 4.44. The van der Waals surface area contributed by atoms with Crippen molar-refractivity contribution in [2.24, 2.45) is 11.7 Å². The molecule has 1 rings (SSSR count). The van der Waals surface area contributed by atoms with E-state index in [1.54, 1.807) is 0 Å². The van der Waals surface area contributed by atoms with Crippen molar-refractivity contribution in [3.8, 4) is 11.8 Å². The minimum atomic E-state index is -0.789. The molecular weight excluding hydrogens is 184 g/mol. The Morgan fingerprint density at radius 1 is 1.86 bits per heavy atom. The standard InChI is InChI=1S/C9H12N2O3/c1-14-9(13)7(10)5-6-3-2-4-11-8(6)12/h6-7H,4-5,10H2,1H3,(H,11,12)/t6-,7-/m0/s1. The SMILES string of the molecule is COC(=O)[C@@H](N)C[C@@H]1C#CCNC1=O. The van der Waals surface area contributed by atoms with Gasteiger partial charge in [-0.2, -0.15) is 0 Å². The van der Waals surface area contributed by atoms with E-state index in [0.717, 1.165) is 0 Å². The highest BCUT2D eigenvalue weighted by Gasteiger charge is 2.24. The van der Waals surface area contributed by atoms with Gasteiger partial charge in [0, 0.05) is 0 Å². The molecule has 0 fully saturated rings. The molecule has 0 unspecified atom stereocenters. The highest BCUT2D eigenvalue weighted by atomic mass is 16.5. The van der Waals surface area contributed by atoms with Crippen molar-refractivity contribution in [1.29, 1.82) is 0 Å².